The van der Waals surface area contributed by atoms with Crippen molar-refractivity contribution in [2.45, 2.75) is 13.8 Å². The normalized spacial score (nSPS) is 12.1. The Labute approximate surface area is 109 Å². The number of hydrogen-bond donors (Lipinski definition) is 0. The van der Waals surface area contributed by atoms with E-state index in [1.165, 1.54) is 6.92 Å². The van der Waals surface area contributed by atoms with Crippen LogP contribution in [0.5, 0.6) is 0 Å². The minimum absolute atomic E-state index is 0.0694. The maximum Gasteiger partial charge on any atom is 0.343 e. The Balaban J connectivity index is 5.58. The van der Waals surface area contributed by atoms with Crippen molar-refractivity contribution in [2.75, 3.05) is 34.8 Å². The average Bonchev–Trinajstić information content (AvgIpc) is 2.22. The molecule has 0 saturated heterocycles. The highest BCUT2D eigenvalue weighted by Crippen LogP contribution is 2.12. The molecule has 0 bridgehead atoms. The summed E-state index contributed by atoms with van der Waals surface area (Å²) < 4.78 is 4.91. The van der Waals surface area contributed by atoms with Crippen molar-refractivity contribution in [1.82, 2.24) is 9.80 Å². The molecule has 0 spiro atoms. The zero-order chi connectivity index (χ0) is 14.3. The van der Waals surface area contributed by atoms with Gasteiger partial charge in [0.1, 0.15) is 5.57 Å². The van der Waals surface area contributed by atoms with Gasteiger partial charge in [0, 0.05) is 34.4 Å². The van der Waals surface area contributed by atoms with Crippen LogP contribution < -0.4 is 0 Å². The van der Waals surface area contributed by atoms with Crippen LogP contribution in [0.1, 0.15) is 13.8 Å². The van der Waals surface area contributed by atoms with Crippen molar-refractivity contribution in [3.63, 3.8) is 0 Å². The Morgan fingerprint density at radius 3 is 2.06 bits per heavy atom. The molecular formula is C13H22N2O3. The van der Waals surface area contributed by atoms with Crippen molar-refractivity contribution < 1.29 is 14.3 Å². The second-order valence-corrected chi connectivity index (χ2v) is 4.21. The van der Waals surface area contributed by atoms with E-state index in [2.05, 4.69) is 0 Å². The number of hydrogen-bond acceptors (Lipinski definition) is 5. The summed E-state index contributed by atoms with van der Waals surface area (Å²) in [7, 11) is 7.28. The van der Waals surface area contributed by atoms with Crippen molar-refractivity contribution in [3.8, 4) is 0 Å². The highest BCUT2D eigenvalue weighted by atomic mass is 16.5. The summed E-state index contributed by atoms with van der Waals surface area (Å²) in [5, 5.41) is 0. The lowest BCUT2D eigenvalue weighted by Gasteiger charge is -2.18. The van der Waals surface area contributed by atoms with Crippen LogP contribution >= 0.6 is 0 Å². The van der Waals surface area contributed by atoms with Gasteiger partial charge in [-0.25, -0.2) is 4.79 Å². The molecule has 0 aromatic rings. The quantitative estimate of drug-likeness (QED) is 0.233. The highest BCUT2D eigenvalue weighted by Gasteiger charge is 2.21. The standard InChI is InChI=1S/C13H22N2O3/c1-7-18-13(17)12(10(2)16)11(15(5)6)8-9-14(3)4/h8-9H,7H2,1-6H3/b9-8+,12-11+. The fourth-order valence-corrected chi connectivity index (χ4v) is 1.31. The van der Waals surface area contributed by atoms with Crippen molar-refractivity contribution in [1.29, 1.82) is 0 Å². The first-order valence-electron chi connectivity index (χ1n) is 5.75. The van der Waals surface area contributed by atoms with E-state index in [0.29, 0.717) is 5.70 Å². The molecule has 0 fully saturated rings. The van der Waals surface area contributed by atoms with Crippen molar-refractivity contribution in [2.24, 2.45) is 0 Å². The van der Waals surface area contributed by atoms with Gasteiger partial charge in [0.25, 0.3) is 0 Å². The van der Waals surface area contributed by atoms with Gasteiger partial charge in [0.15, 0.2) is 5.78 Å². The molecule has 0 rings (SSSR count). The van der Waals surface area contributed by atoms with E-state index in [-0.39, 0.29) is 18.0 Å². The van der Waals surface area contributed by atoms with Crippen LogP contribution in [0.15, 0.2) is 23.5 Å². The van der Waals surface area contributed by atoms with Gasteiger partial charge in [-0.2, -0.15) is 0 Å². The zero-order valence-electron chi connectivity index (χ0n) is 12.0. The number of allylic oxidation sites excluding steroid dienone is 1. The van der Waals surface area contributed by atoms with Crippen molar-refractivity contribution in [3.05, 3.63) is 23.5 Å². The Hall–Kier alpha value is -1.78. The topological polar surface area (TPSA) is 49.9 Å². The summed E-state index contributed by atoms with van der Waals surface area (Å²) in [5.41, 5.74) is 0.606. The first-order chi connectivity index (χ1) is 8.31. The molecule has 18 heavy (non-hydrogen) atoms. The molecule has 5 nitrogen and oxygen atoms in total. The lowest BCUT2D eigenvalue weighted by Crippen LogP contribution is -2.22. The molecule has 0 aromatic heterocycles. The number of nitrogens with zero attached hydrogens (tertiary/aromatic N) is 2. The van der Waals surface area contributed by atoms with E-state index in [4.69, 9.17) is 4.74 Å². The molecule has 0 unspecified atom stereocenters. The van der Waals surface area contributed by atoms with Crippen LogP contribution in [0.25, 0.3) is 0 Å². The predicted octanol–water partition coefficient (Wildman–Crippen LogP) is 1.03. The smallest absolute Gasteiger partial charge is 0.343 e. The number of rotatable bonds is 6. The molecule has 0 aliphatic heterocycles. The first kappa shape index (κ1) is 16.2. The molecule has 0 atom stereocenters. The molecule has 0 N–H and O–H groups in total. The van der Waals surface area contributed by atoms with E-state index in [1.807, 2.05) is 19.0 Å². The molecule has 0 radical (unpaired) electrons. The third kappa shape index (κ3) is 5.03. The monoisotopic (exact) mass is 254 g/mol. The van der Waals surface area contributed by atoms with Gasteiger partial charge in [-0.05, 0) is 19.9 Å². The van der Waals surface area contributed by atoms with Crippen molar-refractivity contribution >= 4 is 11.8 Å². The number of ketones is 1. The fraction of sp³-hybridized carbons (Fsp3) is 0.538. The Morgan fingerprint density at radius 1 is 1.17 bits per heavy atom. The van der Waals surface area contributed by atoms with Crippen LogP contribution in [-0.2, 0) is 14.3 Å². The number of carbonyl (C=O) groups is 2. The van der Waals surface area contributed by atoms with Crippen LogP contribution in [-0.4, -0.2) is 56.3 Å². The molecule has 5 heteroatoms. The summed E-state index contributed by atoms with van der Waals surface area (Å²) in [6, 6.07) is 0. The van der Waals surface area contributed by atoms with E-state index in [1.54, 1.807) is 38.2 Å². The molecule has 0 heterocycles. The molecule has 0 amide bonds. The van der Waals surface area contributed by atoms with Crippen LogP contribution in [0.4, 0.5) is 0 Å². The highest BCUT2D eigenvalue weighted by molar-refractivity contribution is 6.17. The molecule has 0 aliphatic rings. The van der Waals surface area contributed by atoms with E-state index in [9.17, 15) is 9.59 Å². The molecular weight excluding hydrogens is 232 g/mol. The van der Waals surface area contributed by atoms with Gasteiger partial charge in [-0.3, -0.25) is 4.79 Å². The third-order valence-electron chi connectivity index (χ3n) is 2.10. The molecule has 102 valence electrons. The SMILES string of the molecule is CCOC(=O)/C(C(C)=O)=C(\C=C\N(C)C)N(C)C. The van der Waals surface area contributed by atoms with Gasteiger partial charge in [0.05, 0.1) is 12.3 Å². The zero-order valence-corrected chi connectivity index (χ0v) is 12.0. The van der Waals surface area contributed by atoms with Crippen LogP contribution in [0.3, 0.4) is 0 Å². The summed E-state index contributed by atoms with van der Waals surface area (Å²) in [5.74, 6) is -0.891. The Bertz CT molecular complexity index is 368. The first-order valence-corrected chi connectivity index (χ1v) is 5.75. The second kappa shape index (κ2) is 7.53. The minimum atomic E-state index is -0.586. The summed E-state index contributed by atoms with van der Waals surface area (Å²) in [6.07, 6.45) is 3.49. The summed E-state index contributed by atoms with van der Waals surface area (Å²) in [6.45, 7) is 3.31. The lowest BCUT2D eigenvalue weighted by molar-refractivity contribution is -0.140. The average molecular weight is 254 g/mol. The number of ether oxygens (including phenoxy) is 1. The van der Waals surface area contributed by atoms with Gasteiger partial charge >= 0.3 is 5.97 Å². The summed E-state index contributed by atoms with van der Waals surface area (Å²) >= 11 is 0. The number of carbonyl (C=O) groups excluding carboxylic acids is 2. The van der Waals surface area contributed by atoms with E-state index < -0.39 is 5.97 Å². The van der Waals surface area contributed by atoms with E-state index >= 15 is 0 Å². The van der Waals surface area contributed by atoms with Crippen LogP contribution in [0, 0.1) is 0 Å². The largest absolute Gasteiger partial charge is 0.462 e. The van der Waals surface area contributed by atoms with Gasteiger partial charge < -0.3 is 14.5 Å². The van der Waals surface area contributed by atoms with Gasteiger partial charge in [-0.1, -0.05) is 0 Å². The third-order valence-corrected chi connectivity index (χ3v) is 2.10. The maximum absolute atomic E-state index is 11.8. The minimum Gasteiger partial charge on any atom is -0.462 e. The number of esters is 1. The second-order valence-electron chi connectivity index (χ2n) is 4.21. The van der Waals surface area contributed by atoms with Crippen LogP contribution in [0.2, 0.25) is 0 Å². The van der Waals surface area contributed by atoms with Gasteiger partial charge in [0.2, 0.25) is 0 Å². The lowest BCUT2D eigenvalue weighted by atomic mass is 10.1. The van der Waals surface area contributed by atoms with Gasteiger partial charge in [-0.15, -0.1) is 0 Å². The molecule has 0 aliphatic carbocycles. The number of Topliss-reactive ketones (excluding diaryl/α,β-unsaturated/α-hetero) is 1. The Morgan fingerprint density at radius 2 is 1.72 bits per heavy atom. The predicted molar refractivity (Wildman–Crippen MR) is 70.9 cm³/mol. The fourth-order valence-electron chi connectivity index (χ4n) is 1.31. The Kier molecular flexibility index (Phi) is 6.78. The maximum atomic E-state index is 11.8. The summed E-state index contributed by atoms with van der Waals surface area (Å²) in [4.78, 5) is 27.0. The molecule has 0 aromatic carbocycles. The number of likely N-dealkylation sites (N-methyl/N-ethyl adjacent to an activating group) is 1. The molecule has 0 saturated carbocycles. The van der Waals surface area contributed by atoms with E-state index in [0.717, 1.165) is 0 Å².